The fourth-order valence-corrected chi connectivity index (χ4v) is 1.77. The second-order valence-electron chi connectivity index (χ2n) is 3.70. The van der Waals surface area contributed by atoms with Crippen LogP contribution in [-0.2, 0) is 6.42 Å². The van der Waals surface area contributed by atoms with Gasteiger partial charge in [-0.3, -0.25) is 0 Å². The molecular formula is C11H14O4. The lowest BCUT2D eigenvalue weighted by Gasteiger charge is -2.24. The lowest BCUT2D eigenvalue weighted by atomic mass is 9.97. The van der Waals surface area contributed by atoms with E-state index in [1.165, 1.54) is 6.07 Å². The van der Waals surface area contributed by atoms with E-state index in [9.17, 15) is 5.11 Å². The molecule has 1 atom stereocenters. The third-order valence-electron chi connectivity index (χ3n) is 2.59. The summed E-state index contributed by atoms with van der Waals surface area (Å²) in [5, 5.41) is 18.7. The van der Waals surface area contributed by atoms with Crippen LogP contribution in [0.2, 0.25) is 0 Å². The smallest absolute Gasteiger partial charge is 0.164 e. The van der Waals surface area contributed by atoms with Gasteiger partial charge in [0.1, 0.15) is 5.75 Å². The number of aliphatic hydroxyl groups is 1. The van der Waals surface area contributed by atoms with Crippen LogP contribution in [0.5, 0.6) is 17.2 Å². The number of aromatic hydroxyl groups is 1. The van der Waals surface area contributed by atoms with Crippen molar-refractivity contribution in [1.29, 1.82) is 0 Å². The number of methoxy groups -OCH3 is 1. The van der Waals surface area contributed by atoms with Crippen LogP contribution in [0, 0.1) is 5.92 Å². The highest BCUT2D eigenvalue weighted by molar-refractivity contribution is 5.51. The van der Waals surface area contributed by atoms with Gasteiger partial charge >= 0.3 is 0 Å². The molecule has 2 rings (SSSR count). The van der Waals surface area contributed by atoms with Gasteiger partial charge in [0.05, 0.1) is 13.7 Å². The van der Waals surface area contributed by atoms with Crippen LogP contribution in [0.3, 0.4) is 0 Å². The Kier molecular flexibility index (Phi) is 2.68. The van der Waals surface area contributed by atoms with E-state index < -0.39 is 0 Å². The van der Waals surface area contributed by atoms with Crippen molar-refractivity contribution in [2.75, 3.05) is 20.3 Å². The number of fused-ring (bicyclic) bond motifs is 1. The van der Waals surface area contributed by atoms with Crippen molar-refractivity contribution < 1.29 is 19.7 Å². The van der Waals surface area contributed by atoms with Crippen molar-refractivity contribution in [3.8, 4) is 17.2 Å². The molecule has 4 nitrogen and oxygen atoms in total. The molecule has 1 aliphatic rings. The number of phenols is 1. The molecule has 0 radical (unpaired) electrons. The summed E-state index contributed by atoms with van der Waals surface area (Å²) in [4.78, 5) is 0. The highest BCUT2D eigenvalue weighted by Crippen LogP contribution is 2.38. The number of aliphatic hydroxyl groups excluding tert-OH is 1. The Balaban J connectivity index is 2.35. The van der Waals surface area contributed by atoms with Gasteiger partial charge in [0.2, 0.25) is 0 Å². The summed E-state index contributed by atoms with van der Waals surface area (Å²) in [7, 11) is 1.55. The summed E-state index contributed by atoms with van der Waals surface area (Å²) >= 11 is 0. The van der Waals surface area contributed by atoms with Gasteiger partial charge in [0.25, 0.3) is 0 Å². The topological polar surface area (TPSA) is 58.9 Å². The standard InChI is InChI=1S/C11H14O4/c1-14-9-3-8-2-7(5-12)6-15-11(8)10(13)4-9/h3-4,7,12-13H,2,5-6H2,1H3. The molecule has 4 heteroatoms. The minimum absolute atomic E-state index is 0.0947. The van der Waals surface area contributed by atoms with E-state index in [0.29, 0.717) is 24.5 Å². The van der Waals surface area contributed by atoms with Gasteiger partial charge in [-0.25, -0.2) is 0 Å². The molecule has 1 aromatic rings. The fourth-order valence-electron chi connectivity index (χ4n) is 1.77. The van der Waals surface area contributed by atoms with Gasteiger partial charge in [-0.15, -0.1) is 0 Å². The summed E-state index contributed by atoms with van der Waals surface area (Å²) in [5.74, 6) is 1.32. The van der Waals surface area contributed by atoms with E-state index >= 15 is 0 Å². The quantitative estimate of drug-likeness (QED) is 0.762. The molecule has 0 saturated heterocycles. The van der Waals surface area contributed by atoms with Gasteiger partial charge in [0.15, 0.2) is 11.5 Å². The minimum Gasteiger partial charge on any atom is -0.504 e. The van der Waals surface area contributed by atoms with Gasteiger partial charge in [-0.05, 0) is 12.5 Å². The van der Waals surface area contributed by atoms with E-state index in [-0.39, 0.29) is 18.3 Å². The largest absolute Gasteiger partial charge is 0.504 e. The maximum absolute atomic E-state index is 9.66. The van der Waals surface area contributed by atoms with Gasteiger partial charge < -0.3 is 19.7 Å². The number of phenolic OH excluding ortho intramolecular Hbond substituents is 1. The average Bonchev–Trinajstić information content (AvgIpc) is 2.28. The van der Waals surface area contributed by atoms with Crippen LogP contribution < -0.4 is 9.47 Å². The molecule has 0 aliphatic carbocycles. The second-order valence-corrected chi connectivity index (χ2v) is 3.70. The summed E-state index contributed by atoms with van der Waals surface area (Å²) < 4.78 is 10.4. The predicted molar refractivity (Wildman–Crippen MR) is 54.4 cm³/mol. The third kappa shape index (κ3) is 1.85. The van der Waals surface area contributed by atoms with Gasteiger partial charge in [-0.2, -0.15) is 0 Å². The molecule has 0 spiro atoms. The van der Waals surface area contributed by atoms with Crippen molar-refractivity contribution >= 4 is 0 Å². The van der Waals surface area contributed by atoms with E-state index in [0.717, 1.165) is 5.56 Å². The average molecular weight is 210 g/mol. The SMILES string of the molecule is COc1cc(O)c2c(c1)CC(CO)CO2. The second kappa shape index (κ2) is 3.98. The van der Waals surface area contributed by atoms with Crippen molar-refractivity contribution in [1.82, 2.24) is 0 Å². The van der Waals surface area contributed by atoms with Crippen LogP contribution in [0.25, 0.3) is 0 Å². The molecule has 1 heterocycles. The Bertz CT molecular complexity index is 362. The zero-order chi connectivity index (χ0) is 10.8. The molecule has 2 N–H and O–H groups in total. The summed E-state index contributed by atoms with van der Waals surface area (Å²) in [6.07, 6.45) is 0.705. The molecule has 1 unspecified atom stereocenters. The molecule has 0 amide bonds. The number of benzene rings is 1. The molecule has 15 heavy (non-hydrogen) atoms. The first-order valence-corrected chi connectivity index (χ1v) is 4.88. The van der Waals surface area contributed by atoms with Crippen molar-refractivity contribution in [2.45, 2.75) is 6.42 Å². The van der Waals surface area contributed by atoms with E-state index in [1.807, 2.05) is 6.07 Å². The van der Waals surface area contributed by atoms with Gasteiger partial charge in [-0.1, -0.05) is 0 Å². The number of rotatable bonds is 2. The number of hydrogen-bond acceptors (Lipinski definition) is 4. The Morgan fingerprint density at radius 1 is 1.53 bits per heavy atom. The first-order chi connectivity index (χ1) is 7.24. The minimum atomic E-state index is 0.0947. The Morgan fingerprint density at radius 3 is 3.00 bits per heavy atom. The Hall–Kier alpha value is -1.42. The van der Waals surface area contributed by atoms with Gasteiger partial charge in [0, 0.05) is 24.2 Å². The highest BCUT2D eigenvalue weighted by Gasteiger charge is 2.22. The molecular weight excluding hydrogens is 196 g/mol. The normalized spacial score (nSPS) is 19.2. The molecule has 0 saturated carbocycles. The van der Waals surface area contributed by atoms with Crippen LogP contribution in [-0.4, -0.2) is 30.5 Å². The molecule has 82 valence electrons. The molecule has 0 aromatic heterocycles. The predicted octanol–water partition coefficient (Wildman–Crippen LogP) is 0.944. The monoisotopic (exact) mass is 210 g/mol. The number of hydrogen-bond donors (Lipinski definition) is 2. The van der Waals surface area contributed by atoms with Crippen LogP contribution in [0.15, 0.2) is 12.1 Å². The van der Waals surface area contributed by atoms with Crippen molar-refractivity contribution in [3.05, 3.63) is 17.7 Å². The van der Waals surface area contributed by atoms with E-state index in [4.69, 9.17) is 14.6 Å². The Morgan fingerprint density at radius 2 is 2.33 bits per heavy atom. The molecule has 0 fully saturated rings. The Labute approximate surface area is 88.1 Å². The summed E-state index contributed by atoms with van der Waals surface area (Å²) in [6, 6.07) is 3.36. The van der Waals surface area contributed by atoms with Crippen LogP contribution in [0.4, 0.5) is 0 Å². The number of ether oxygens (including phenoxy) is 2. The first kappa shape index (κ1) is 10.1. The molecule has 1 aromatic carbocycles. The van der Waals surface area contributed by atoms with E-state index in [2.05, 4.69) is 0 Å². The maximum Gasteiger partial charge on any atom is 0.164 e. The highest BCUT2D eigenvalue weighted by atomic mass is 16.5. The zero-order valence-corrected chi connectivity index (χ0v) is 8.56. The zero-order valence-electron chi connectivity index (χ0n) is 8.56. The maximum atomic E-state index is 9.66. The van der Waals surface area contributed by atoms with Crippen molar-refractivity contribution in [3.63, 3.8) is 0 Å². The summed E-state index contributed by atoms with van der Waals surface area (Å²) in [5.41, 5.74) is 0.886. The molecule has 0 bridgehead atoms. The molecule has 1 aliphatic heterocycles. The van der Waals surface area contributed by atoms with E-state index in [1.54, 1.807) is 7.11 Å². The van der Waals surface area contributed by atoms with Crippen LogP contribution >= 0.6 is 0 Å². The fraction of sp³-hybridized carbons (Fsp3) is 0.455. The van der Waals surface area contributed by atoms with Crippen molar-refractivity contribution in [2.24, 2.45) is 5.92 Å². The summed E-state index contributed by atoms with van der Waals surface area (Å²) in [6.45, 7) is 0.542. The lowest BCUT2D eigenvalue weighted by molar-refractivity contribution is 0.143. The lowest BCUT2D eigenvalue weighted by Crippen LogP contribution is -2.23. The first-order valence-electron chi connectivity index (χ1n) is 4.88. The third-order valence-corrected chi connectivity index (χ3v) is 2.59. The van der Waals surface area contributed by atoms with Crippen LogP contribution in [0.1, 0.15) is 5.56 Å².